The summed E-state index contributed by atoms with van der Waals surface area (Å²) >= 11 is 14.0. The van der Waals surface area contributed by atoms with Crippen molar-refractivity contribution in [3.63, 3.8) is 0 Å². The van der Waals surface area contributed by atoms with Crippen LogP contribution >= 0.6 is 45.8 Å². The molecule has 1 aliphatic rings. The van der Waals surface area contributed by atoms with Crippen LogP contribution in [0.4, 0.5) is 5.69 Å². The lowest BCUT2D eigenvalue weighted by molar-refractivity contribution is -0.117. The van der Waals surface area contributed by atoms with Crippen LogP contribution in [0.1, 0.15) is 12.0 Å². The van der Waals surface area contributed by atoms with Crippen LogP contribution in [-0.2, 0) is 4.79 Å². The highest BCUT2D eigenvalue weighted by Gasteiger charge is 2.55. The van der Waals surface area contributed by atoms with E-state index in [9.17, 15) is 9.90 Å². The quantitative estimate of drug-likeness (QED) is 0.456. The summed E-state index contributed by atoms with van der Waals surface area (Å²) in [5.41, 5.74) is 0.960. The van der Waals surface area contributed by atoms with Gasteiger partial charge >= 0.3 is 0 Å². The molecule has 1 aromatic carbocycles. The number of hydrogen-bond acceptors (Lipinski definition) is 2. The highest BCUT2D eigenvalue weighted by atomic mass is 127. The summed E-state index contributed by atoms with van der Waals surface area (Å²) in [5, 5.41) is 12.5. The topological polar surface area (TPSA) is 49.3 Å². The smallest absolute Gasteiger partial charge is 0.230 e. The van der Waals surface area contributed by atoms with Crippen molar-refractivity contribution < 1.29 is 9.90 Å². The predicted octanol–water partition coefficient (Wildman–Crippen LogP) is 4.20. The molecule has 2 atom stereocenters. The normalized spacial score (nSPS) is 25.6. The van der Waals surface area contributed by atoms with Gasteiger partial charge in [-0.1, -0.05) is 40.8 Å². The van der Waals surface area contributed by atoms with Gasteiger partial charge in [0, 0.05) is 11.3 Å². The van der Waals surface area contributed by atoms with Gasteiger partial charge < -0.3 is 10.4 Å². The summed E-state index contributed by atoms with van der Waals surface area (Å²) in [5.74, 6) is -0.449. The maximum Gasteiger partial charge on any atom is 0.230 e. The minimum Gasteiger partial charge on any atom is -0.508 e. The summed E-state index contributed by atoms with van der Waals surface area (Å²) < 4.78 is -0.461. The van der Waals surface area contributed by atoms with Gasteiger partial charge in [-0.3, -0.25) is 4.79 Å². The molecule has 1 amide bonds. The van der Waals surface area contributed by atoms with Crippen molar-refractivity contribution in [3.8, 4) is 0 Å². The third-order valence-corrected chi connectivity index (χ3v) is 4.63. The Morgan fingerprint density at radius 2 is 2.22 bits per heavy atom. The van der Waals surface area contributed by atoms with E-state index in [2.05, 4.69) is 34.5 Å². The maximum absolute atomic E-state index is 11.8. The molecule has 1 aliphatic carbocycles. The number of nitrogens with one attached hydrogen (secondary N) is 1. The summed E-state index contributed by atoms with van der Waals surface area (Å²) in [6.45, 7) is 3.41. The average molecular weight is 398 g/mol. The van der Waals surface area contributed by atoms with Crippen LogP contribution < -0.4 is 5.32 Å². The second kappa shape index (κ2) is 4.90. The number of anilines is 1. The van der Waals surface area contributed by atoms with Gasteiger partial charge in [0.05, 0.1) is 10.9 Å². The van der Waals surface area contributed by atoms with Crippen LogP contribution in [-0.4, -0.2) is 13.9 Å². The molecule has 0 bridgehead atoms. The molecule has 0 spiro atoms. The van der Waals surface area contributed by atoms with Crippen LogP contribution in [0.5, 0.6) is 0 Å². The number of rotatable bonds is 3. The fraction of sp³-hybridized carbons (Fsp3) is 0.250. The van der Waals surface area contributed by atoms with E-state index in [1.807, 2.05) is 0 Å². The monoisotopic (exact) mass is 397 g/mol. The molecule has 0 saturated heterocycles. The number of halogens is 3. The Labute approximate surface area is 128 Å². The first kappa shape index (κ1) is 14.0. The zero-order valence-electron chi connectivity index (χ0n) is 9.21. The molecule has 1 aromatic rings. The summed E-state index contributed by atoms with van der Waals surface area (Å²) in [7, 11) is 0. The zero-order chi connectivity index (χ0) is 13.5. The molecular formula is C12H10Cl2INO2. The number of alkyl halides is 2. The largest absolute Gasteiger partial charge is 0.508 e. The third kappa shape index (κ3) is 2.92. The molecule has 18 heavy (non-hydrogen) atoms. The summed E-state index contributed by atoms with van der Waals surface area (Å²) in [6, 6.07) is 4.84. The van der Waals surface area contributed by atoms with Crippen molar-refractivity contribution in [2.24, 2.45) is 5.92 Å². The molecule has 2 rings (SSSR count). The van der Waals surface area contributed by atoms with Crippen LogP contribution in [0.25, 0.3) is 5.76 Å². The van der Waals surface area contributed by atoms with Crippen LogP contribution in [0.15, 0.2) is 24.8 Å². The molecule has 0 aliphatic heterocycles. The fourth-order valence-electron chi connectivity index (χ4n) is 1.55. The Kier molecular flexibility index (Phi) is 3.80. The van der Waals surface area contributed by atoms with E-state index < -0.39 is 2.88 Å². The highest BCUT2D eigenvalue weighted by Crippen LogP contribution is 2.55. The van der Waals surface area contributed by atoms with E-state index in [4.69, 9.17) is 23.2 Å². The van der Waals surface area contributed by atoms with Gasteiger partial charge in [0.2, 0.25) is 5.91 Å². The second-order valence-electron chi connectivity index (χ2n) is 4.15. The zero-order valence-corrected chi connectivity index (χ0v) is 12.9. The van der Waals surface area contributed by atoms with Crippen LogP contribution in [0.2, 0.25) is 5.02 Å². The van der Waals surface area contributed by atoms with Gasteiger partial charge in [0.25, 0.3) is 0 Å². The standard InChI is InChI=1S/C12H10Cl2INO2/c1-6(17)8-4-7(2-3-10(8)13)16-11(18)9-5-12(9,14)15/h2-4,9,17H,1,5H2,(H,16,18)/t9-,12?/m1/s1. The van der Waals surface area contributed by atoms with Gasteiger partial charge in [0.1, 0.15) is 8.64 Å². The number of carbonyl (C=O) groups is 1. The number of carbonyl (C=O) groups excluding carboxylic acids is 1. The van der Waals surface area contributed by atoms with Gasteiger partial charge in [-0.15, -0.1) is 11.6 Å². The number of aliphatic hydroxyl groups excluding tert-OH is 1. The van der Waals surface area contributed by atoms with Crippen molar-refractivity contribution >= 4 is 63.1 Å². The van der Waals surface area contributed by atoms with E-state index in [1.54, 1.807) is 18.2 Å². The molecule has 96 valence electrons. The maximum atomic E-state index is 11.8. The molecule has 1 unspecified atom stereocenters. The Morgan fingerprint density at radius 3 is 2.72 bits per heavy atom. The molecule has 6 heteroatoms. The fourth-order valence-corrected chi connectivity index (χ4v) is 2.75. The van der Waals surface area contributed by atoms with Crippen molar-refractivity contribution in [3.05, 3.63) is 35.4 Å². The lowest BCUT2D eigenvalue weighted by atomic mass is 10.1. The number of aliphatic hydroxyl groups is 1. The Balaban J connectivity index is 2.13. The molecular weight excluding hydrogens is 388 g/mol. The van der Waals surface area contributed by atoms with Crippen LogP contribution in [0, 0.1) is 5.92 Å². The SMILES string of the molecule is C=C(O)c1cc(NC(=O)[C@H]2CC2(Cl)I)ccc1Cl. The highest BCUT2D eigenvalue weighted by molar-refractivity contribution is 14.1. The van der Waals surface area contributed by atoms with E-state index >= 15 is 0 Å². The first-order valence-electron chi connectivity index (χ1n) is 5.18. The number of hydrogen-bond donors (Lipinski definition) is 2. The Bertz CT molecular complexity index is 531. The molecule has 0 radical (unpaired) electrons. The van der Waals surface area contributed by atoms with Crippen molar-refractivity contribution in [1.82, 2.24) is 0 Å². The summed E-state index contributed by atoms with van der Waals surface area (Å²) in [4.78, 5) is 11.8. The Hall–Kier alpha value is -0.460. The lowest BCUT2D eigenvalue weighted by Crippen LogP contribution is -2.16. The van der Waals surface area contributed by atoms with Crippen molar-refractivity contribution in [2.75, 3.05) is 5.32 Å². The predicted molar refractivity (Wildman–Crippen MR) is 82.5 cm³/mol. The molecule has 1 saturated carbocycles. The number of benzene rings is 1. The van der Waals surface area contributed by atoms with E-state index in [-0.39, 0.29) is 17.6 Å². The molecule has 3 nitrogen and oxygen atoms in total. The van der Waals surface area contributed by atoms with E-state index in [0.29, 0.717) is 22.7 Å². The Morgan fingerprint density at radius 1 is 1.61 bits per heavy atom. The lowest BCUT2D eigenvalue weighted by Gasteiger charge is -2.08. The first-order chi connectivity index (χ1) is 8.31. The second-order valence-corrected chi connectivity index (χ2v) is 7.79. The van der Waals surface area contributed by atoms with E-state index in [1.165, 1.54) is 0 Å². The molecule has 2 N–H and O–H groups in total. The molecule has 0 heterocycles. The number of amides is 1. The van der Waals surface area contributed by atoms with Crippen LogP contribution in [0.3, 0.4) is 0 Å². The van der Waals surface area contributed by atoms with Crippen molar-refractivity contribution in [1.29, 1.82) is 0 Å². The van der Waals surface area contributed by atoms with Gasteiger partial charge in [-0.25, -0.2) is 0 Å². The minimum absolute atomic E-state index is 0.128. The third-order valence-electron chi connectivity index (χ3n) is 2.69. The van der Waals surface area contributed by atoms with Crippen molar-refractivity contribution in [2.45, 2.75) is 9.30 Å². The summed E-state index contributed by atoms with van der Waals surface area (Å²) in [6.07, 6.45) is 0.661. The minimum atomic E-state index is -0.461. The molecule has 0 aromatic heterocycles. The molecule has 1 fully saturated rings. The van der Waals surface area contributed by atoms with Gasteiger partial charge in [-0.2, -0.15) is 0 Å². The van der Waals surface area contributed by atoms with E-state index in [0.717, 1.165) is 0 Å². The average Bonchev–Trinajstić information content (AvgIpc) is 2.90. The first-order valence-corrected chi connectivity index (χ1v) is 7.01. The van der Waals surface area contributed by atoms with Gasteiger partial charge in [-0.05, 0) is 24.6 Å². The van der Waals surface area contributed by atoms with Gasteiger partial charge in [0.15, 0.2) is 0 Å².